The van der Waals surface area contributed by atoms with E-state index >= 15 is 0 Å². The summed E-state index contributed by atoms with van der Waals surface area (Å²) in [6.45, 7) is 2.03. The maximum Gasteiger partial charge on any atom is 0.152 e. The molecule has 1 N–H and O–H groups in total. The van der Waals surface area contributed by atoms with Crippen LogP contribution in [0.1, 0.15) is 15.9 Å². The molecule has 0 unspecified atom stereocenters. The SMILES string of the molecule is Cc1ccccc1-c1[nH]c2ccc(Cl)cc2c1C=O. The van der Waals surface area contributed by atoms with Crippen molar-refractivity contribution in [1.82, 2.24) is 4.98 Å². The average molecular weight is 270 g/mol. The zero-order chi connectivity index (χ0) is 13.4. The van der Waals surface area contributed by atoms with E-state index in [0.717, 1.165) is 34.0 Å². The van der Waals surface area contributed by atoms with Crippen LogP contribution in [0.15, 0.2) is 42.5 Å². The first-order chi connectivity index (χ1) is 9.20. The van der Waals surface area contributed by atoms with Gasteiger partial charge in [-0.15, -0.1) is 0 Å². The Kier molecular flexibility index (Phi) is 2.88. The summed E-state index contributed by atoms with van der Waals surface area (Å²) in [6, 6.07) is 13.5. The van der Waals surface area contributed by atoms with E-state index in [9.17, 15) is 4.79 Å². The minimum Gasteiger partial charge on any atom is -0.354 e. The summed E-state index contributed by atoms with van der Waals surface area (Å²) in [4.78, 5) is 14.7. The molecule has 0 saturated carbocycles. The number of fused-ring (bicyclic) bond motifs is 1. The number of hydrogen-bond acceptors (Lipinski definition) is 1. The van der Waals surface area contributed by atoms with E-state index < -0.39 is 0 Å². The fourth-order valence-corrected chi connectivity index (χ4v) is 2.55. The summed E-state index contributed by atoms with van der Waals surface area (Å²) in [5.74, 6) is 0. The summed E-state index contributed by atoms with van der Waals surface area (Å²) in [5, 5.41) is 1.49. The highest BCUT2D eigenvalue weighted by atomic mass is 35.5. The number of benzene rings is 2. The Bertz CT molecular complexity index is 774. The first kappa shape index (κ1) is 12.0. The van der Waals surface area contributed by atoms with Crippen molar-refractivity contribution in [1.29, 1.82) is 0 Å². The van der Waals surface area contributed by atoms with Crippen LogP contribution in [0.5, 0.6) is 0 Å². The Morgan fingerprint density at radius 2 is 1.95 bits per heavy atom. The Balaban J connectivity index is 2.36. The normalized spacial score (nSPS) is 10.8. The molecule has 2 aromatic carbocycles. The molecule has 0 aliphatic carbocycles. The van der Waals surface area contributed by atoms with E-state index in [1.165, 1.54) is 0 Å². The van der Waals surface area contributed by atoms with Crippen LogP contribution in [0.4, 0.5) is 0 Å². The lowest BCUT2D eigenvalue weighted by molar-refractivity contribution is 0.112. The van der Waals surface area contributed by atoms with Gasteiger partial charge >= 0.3 is 0 Å². The largest absolute Gasteiger partial charge is 0.354 e. The molecule has 3 aromatic rings. The van der Waals surface area contributed by atoms with Gasteiger partial charge in [-0.1, -0.05) is 35.9 Å². The first-order valence-electron chi connectivity index (χ1n) is 6.03. The van der Waals surface area contributed by atoms with Crippen LogP contribution in [-0.2, 0) is 0 Å². The number of rotatable bonds is 2. The van der Waals surface area contributed by atoms with Gasteiger partial charge < -0.3 is 4.98 Å². The Labute approximate surface area is 116 Å². The van der Waals surface area contributed by atoms with Gasteiger partial charge in [0.2, 0.25) is 0 Å². The van der Waals surface area contributed by atoms with Gasteiger partial charge in [-0.3, -0.25) is 4.79 Å². The predicted molar refractivity (Wildman–Crippen MR) is 78.9 cm³/mol. The van der Waals surface area contributed by atoms with Crippen molar-refractivity contribution in [2.24, 2.45) is 0 Å². The lowest BCUT2D eigenvalue weighted by Crippen LogP contribution is -1.87. The summed E-state index contributed by atoms with van der Waals surface area (Å²) in [7, 11) is 0. The highest BCUT2D eigenvalue weighted by Crippen LogP contribution is 2.32. The van der Waals surface area contributed by atoms with Crippen LogP contribution in [0.3, 0.4) is 0 Å². The molecule has 19 heavy (non-hydrogen) atoms. The minimum atomic E-state index is 0.630. The van der Waals surface area contributed by atoms with Crippen LogP contribution in [0.2, 0.25) is 5.02 Å². The van der Waals surface area contributed by atoms with Crippen molar-refractivity contribution in [2.75, 3.05) is 0 Å². The number of aromatic amines is 1. The van der Waals surface area contributed by atoms with Gasteiger partial charge in [0.05, 0.1) is 5.69 Å². The second-order valence-electron chi connectivity index (χ2n) is 4.54. The monoisotopic (exact) mass is 269 g/mol. The van der Waals surface area contributed by atoms with E-state index in [1.54, 1.807) is 0 Å². The van der Waals surface area contributed by atoms with Crippen LogP contribution in [-0.4, -0.2) is 11.3 Å². The zero-order valence-electron chi connectivity index (χ0n) is 10.4. The third-order valence-corrected chi connectivity index (χ3v) is 3.57. The van der Waals surface area contributed by atoms with E-state index in [2.05, 4.69) is 4.98 Å². The van der Waals surface area contributed by atoms with Crippen molar-refractivity contribution in [3.8, 4) is 11.3 Å². The molecule has 0 fully saturated rings. The van der Waals surface area contributed by atoms with E-state index in [-0.39, 0.29) is 0 Å². The third kappa shape index (κ3) is 1.94. The summed E-state index contributed by atoms with van der Waals surface area (Å²) >= 11 is 6.00. The number of H-pyrrole nitrogens is 1. The van der Waals surface area contributed by atoms with Gasteiger partial charge in [-0.05, 0) is 30.7 Å². The molecule has 0 amide bonds. The van der Waals surface area contributed by atoms with E-state index in [4.69, 9.17) is 11.6 Å². The van der Waals surface area contributed by atoms with Gasteiger partial charge in [0.1, 0.15) is 0 Å². The molecular formula is C16H12ClNO. The van der Waals surface area contributed by atoms with Gasteiger partial charge in [0, 0.05) is 27.1 Å². The first-order valence-corrected chi connectivity index (χ1v) is 6.41. The quantitative estimate of drug-likeness (QED) is 0.677. The van der Waals surface area contributed by atoms with Crippen LogP contribution < -0.4 is 0 Å². The highest BCUT2D eigenvalue weighted by molar-refractivity contribution is 6.31. The standard InChI is InChI=1S/C16H12ClNO/c1-10-4-2-3-5-12(10)16-14(9-19)13-8-11(17)6-7-15(13)18-16/h2-9,18H,1H3. The number of halogens is 1. The maximum atomic E-state index is 11.4. The lowest BCUT2D eigenvalue weighted by atomic mass is 10.0. The predicted octanol–water partition coefficient (Wildman–Crippen LogP) is 4.61. The minimum absolute atomic E-state index is 0.630. The number of carbonyl (C=O) groups excluding carboxylic acids is 1. The van der Waals surface area contributed by atoms with Gasteiger partial charge in [-0.25, -0.2) is 0 Å². The Morgan fingerprint density at radius 1 is 1.16 bits per heavy atom. The molecule has 1 heterocycles. The van der Waals surface area contributed by atoms with Crippen molar-refractivity contribution >= 4 is 28.8 Å². The van der Waals surface area contributed by atoms with Crippen LogP contribution >= 0.6 is 11.6 Å². The molecule has 0 aliphatic rings. The molecule has 0 radical (unpaired) electrons. The average Bonchev–Trinajstić information content (AvgIpc) is 2.76. The lowest BCUT2D eigenvalue weighted by Gasteiger charge is -2.03. The molecule has 0 spiro atoms. The molecule has 3 heteroatoms. The summed E-state index contributed by atoms with van der Waals surface area (Å²) in [5.41, 5.74) is 4.60. The van der Waals surface area contributed by atoms with Crippen molar-refractivity contribution in [2.45, 2.75) is 6.92 Å². The second-order valence-corrected chi connectivity index (χ2v) is 4.97. The van der Waals surface area contributed by atoms with E-state index in [0.29, 0.717) is 10.6 Å². The van der Waals surface area contributed by atoms with Crippen molar-refractivity contribution in [3.63, 3.8) is 0 Å². The third-order valence-electron chi connectivity index (χ3n) is 3.33. The second kappa shape index (κ2) is 4.56. The maximum absolute atomic E-state index is 11.4. The van der Waals surface area contributed by atoms with Crippen LogP contribution in [0.25, 0.3) is 22.2 Å². The Hall–Kier alpha value is -2.06. The summed E-state index contributed by atoms with van der Waals surface area (Å²) < 4.78 is 0. The zero-order valence-corrected chi connectivity index (χ0v) is 11.2. The van der Waals surface area contributed by atoms with E-state index in [1.807, 2.05) is 49.4 Å². The molecule has 94 valence electrons. The number of nitrogens with one attached hydrogen (secondary N) is 1. The molecule has 1 aromatic heterocycles. The van der Waals surface area contributed by atoms with Crippen molar-refractivity contribution < 1.29 is 4.79 Å². The fraction of sp³-hybridized carbons (Fsp3) is 0.0625. The Morgan fingerprint density at radius 3 is 2.68 bits per heavy atom. The number of carbonyl (C=O) groups is 1. The smallest absolute Gasteiger partial charge is 0.152 e. The number of aromatic nitrogens is 1. The van der Waals surface area contributed by atoms with Gasteiger partial charge in [-0.2, -0.15) is 0 Å². The topological polar surface area (TPSA) is 32.9 Å². The van der Waals surface area contributed by atoms with Gasteiger partial charge in [0.25, 0.3) is 0 Å². The number of aryl methyl sites for hydroxylation is 1. The molecule has 2 nitrogen and oxygen atoms in total. The molecule has 3 rings (SSSR count). The summed E-state index contributed by atoms with van der Waals surface area (Å²) in [6.07, 6.45) is 0.886. The van der Waals surface area contributed by atoms with Gasteiger partial charge in [0.15, 0.2) is 6.29 Å². The molecule has 0 aliphatic heterocycles. The molecular weight excluding hydrogens is 258 g/mol. The number of aldehydes is 1. The molecule has 0 bridgehead atoms. The van der Waals surface area contributed by atoms with Crippen molar-refractivity contribution in [3.05, 3.63) is 58.6 Å². The van der Waals surface area contributed by atoms with Crippen LogP contribution in [0, 0.1) is 6.92 Å². The molecule has 0 atom stereocenters. The molecule has 0 saturated heterocycles. The highest BCUT2D eigenvalue weighted by Gasteiger charge is 2.14. The fourth-order valence-electron chi connectivity index (χ4n) is 2.37. The number of hydrogen-bond donors (Lipinski definition) is 1.